The van der Waals surface area contributed by atoms with E-state index < -0.39 is 0 Å². The van der Waals surface area contributed by atoms with Crippen LogP contribution in [0.1, 0.15) is 6.42 Å². The molecule has 0 aromatic heterocycles. The van der Waals surface area contributed by atoms with Crippen LogP contribution in [-0.2, 0) is 4.79 Å². The first-order valence-electron chi connectivity index (χ1n) is 3.04. The van der Waals surface area contributed by atoms with E-state index in [2.05, 4.69) is 6.58 Å². The van der Waals surface area contributed by atoms with Crippen molar-refractivity contribution in [1.29, 1.82) is 0 Å². The van der Waals surface area contributed by atoms with Crippen LogP contribution in [-0.4, -0.2) is 31.3 Å². The minimum absolute atomic E-state index is 0.615. The molecule has 0 aliphatic carbocycles. The molecule has 0 unspecified atom stereocenters. The van der Waals surface area contributed by atoms with Gasteiger partial charge in [0.05, 0.1) is 0 Å². The van der Waals surface area contributed by atoms with Gasteiger partial charge >= 0.3 is 0 Å². The summed E-state index contributed by atoms with van der Waals surface area (Å²) in [5.41, 5.74) is 0. The molecule has 0 spiro atoms. The summed E-state index contributed by atoms with van der Waals surface area (Å²) in [7, 11) is 1.96. The Morgan fingerprint density at radius 1 is 1.67 bits per heavy atom. The van der Waals surface area contributed by atoms with Gasteiger partial charge in [-0.25, -0.2) is 0 Å². The first kappa shape index (κ1) is 8.37. The van der Waals surface area contributed by atoms with E-state index >= 15 is 0 Å². The first-order chi connectivity index (χ1) is 4.31. The molecule has 0 saturated heterocycles. The number of carbonyl (C=O) groups excluding carboxylic acids is 1. The summed E-state index contributed by atoms with van der Waals surface area (Å²) >= 11 is 0. The van der Waals surface area contributed by atoms with Gasteiger partial charge in [-0.3, -0.25) is 0 Å². The van der Waals surface area contributed by atoms with Gasteiger partial charge in [0.2, 0.25) is 0 Å². The molecular weight excluding hydrogens is 114 g/mol. The van der Waals surface area contributed by atoms with E-state index in [-0.39, 0.29) is 0 Å². The van der Waals surface area contributed by atoms with E-state index in [0.717, 1.165) is 19.4 Å². The highest BCUT2D eigenvalue weighted by atomic mass is 16.1. The summed E-state index contributed by atoms with van der Waals surface area (Å²) in [6.45, 7) is 5.26. The van der Waals surface area contributed by atoms with Crippen molar-refractivity contribution in [2.75, 3.05) is 20.1 Å². The van der Waals surface area contributed by atoms with Crippen LogP contribution in [0.15, 0.2) is 12.7 Å². The molecule has 0 aromatic rings. The zero-order chi connectivity index (χ0) is 7.11. The molecule has 2 nitrogen and oxygen atoms in total. The molecule has 0 radical (unpaired) electrons. The fraction of sp³-hybridized carbons (Fsp3) is 0.571. The van der Waals surface area contributed by atoms with Crippen molar-refractivity contribution in [1.82, 2.24) is 4.90 Å². The SMILES string of the molecule is C=CCN(C)CCC=O. The van der Waals surface area contributed by atoms with E-state index in [1.165, 1.54) is 0 Å². The van der Waals surface area contributed by atoms with Crippen molar-refractivity contribution in [3.8, 4) is 0 Å². The Kier molecular flexibility index (Phi) is 5.12. The molecule has 0 bridgehead atoms. The molecule has 2 heteroatoms. The van der Waals surface area contributed by atoms with Crippen LogP contribution in [0.4, 0.5) is 0 Å². The highest BCUT2D eigenvalue weighted by Gasteiger charge is 1.91. The molecule has 0 rings (SSSR count). The Balaban J connectivity index is 3.14. The molecule has 9 heavy (non-hydrogen) atoms. The lowest BCUT2D eigenvalue weighted by Crippen LogP contribution is -2.19. The standard InChI is InChI=1S/C7H13NO/c1-3-5-8(2)6-4-7-9/h3,7H,1,4-6H2,2H3. The summed E-state index contributed by atoms with van der Waals surface area (Å²) < 4.78 is 0. The number of likely N-dealkylation sites (N-methyl/N-ethyl adjacent to an activating group) is 1. The average molecular weight is 127 g/mol. The van der Waals surface area contributed by atoms with Crippen molar-refractivity contribution < 1.29 is 4.79 Å². The van der Waals surface area contributed by atoms with Crippen molar-refractivity contribution in [2.45, 2.75) is 6.42 Å². The molecular formula is C7H13NO. The van der Waals surface area contributed by atoms with E-state index in [1.54, 1.807) is 0 Å². The number of hydrogen-bond donors (Lipinski definition) is 0. The molecule has 0 aliphatic rings. The molecule has 52 valence electrons. The molecule has 0 N–H and O–H groups in total. The molecule has 0 saturated carbocycles. The van der Waals surface area contributed by atoms with E-state index in [9.17, 15) is 4.79 Å². The zero-order valence-corrected chi connectivity index (χ0v) is 5.84. The fourth-order valence-corrected chi connectivity index (χ4v) is 0.585. The van der Waals surface area contributed by atoms with Crippen LogP contribution in [0.5, 0.6) is 0 Å². The number of carbonyl (C=O) groups is 1. The van der Waals surface area contributed by atoms with Crippen LogP contribution in [0.25, 0.3) is 0 Å². The van der Waals surface area contributed by atoms with E-state index in [4.69, 9.17) is 0 Å². The van der Waals surface area contributed by atoms with Crippen LogP contribution < -0.4 is 0 Å². The predicted molar refractivity (Wildman–Crippen MR) is 38.4 cm³/mol. The van der Waals surface area contributed by atoms with E-state index in [1.807, 2.05) is 18.0 Å². The van der Waals surface area contributed by atoms with Crippen LogP contribution in [0, 0.1) is 0 Å². The Hall–Kier alpha value is -0.630. The number of aldehydes is 1. The van der Waals surface area contributed by atoms with Crippen LogP contribution in [0.2, 0.25) is 0 Å². The van der Waals surface area contributed by atoms with Crippen molar-refractivity contribution >= 4 is 6.29 Å². The maximum absolute atomic E-state index is 9.86. The third-order valence-electron chi connectivity index (χ3n) is 1.07. The lowest BCUT2D eigenvalue weighted by Gasteiger charge is -2.10. The Labute approximate surface area is 56.2 Å². The third-order valence-corrected chi connectivity index (χ3v) is 1.07. The van der Waals surface area contributed by atoms with Gasteiger partial charge in [-0.15, -0.1) is 6.58 Å². The lowest BCUT2D eigenvalue weighted by molar-refractivity contribution is -0.108. The summed E-state index contributed by atoms with van der Waals surface area (Å²) in [4.78, 5) is 11.9. The summed E-state index contributed by atoms with van der Waals surface area (Å²) in [6, 6.07) is 0. The summed E-state index contributed by atoms with van der Waals surface area (Å²) in [5, 5.41) is 0. The zero-order valence-electron chi connectivity index (χ0n) is 5.84. The number of hydrogen-bond acceptors (Lipinski definition) is 2. The highest BCUT2D eigenvalue weighted by Crippen LogP contribution is 1.83. The predicted octanol–water partition coefficient (Wildman–Crippen LogP) is 0.693. The second-order valence-corrected chi connectivity index (χ2v) is 2.01. The van der Waals surface area contributed by atoms with Crippen molar-refractivity contribution in [3.63, 3.8) is 0 Å². The Morgan fingerprint density at radius 2 is 2.33 bits per heavy atom. The van der Waals surface area contributed by atoms with Crippen molar-refractivity contribution in [2.24, 2.45) is 0 Å². The van der Waals surface area contributed by atoms with Gasteiger partial charge < -0.3 is 9.69 Å². The maximum Gasteiger partial charge on any atom is 0.121 e. The minimum Gasteiger partial charge on any atom is -0.303 e. The van der Waals surface area contributed by atoms with Gasteiger partial charge in [-0.05, 0) is 7.05 Å². The maximum atomic E-state index is 9.86. The van der Waals surface area contributed by atoms with Gasteiger partial charge in [0.25, 0.3) is 0 Å². The second-order valence-electron chi connectivity index (χ2n) is 2.01. The van der Waals surface area contributed by atoms with Gasteiger partial charge in [0.1, 0.15) is 6.29 Å². The largest absolute Gasteiger partial charge is 0.303 e. The molecule has 0 aliphatic heterocycles. The Bertz CT molecular complexity index is 90.9. The summed E-state index contributed by atoms with van der Waals surface area (Å²) in [5.74, 6) is 0. The third kappa shape index (κ3) is 5.24. The average Bonchev–Trinajstić information content (AvgIpc) is 1.85. The second kappa shape index (κ2) is 5.51. The molecule has 0 atom stereocenters. The highest BCUT2D eigenvalue weighted by molar-refractivity contribution is 5.49. The molecule has 0 amide bonds. The molecule has 0 heterocycles. The minimum atomic E-state index is 0.615. The lowest BCUT2D eigenvalue weighted by atomic mass is 10.4. The van der Waals surface area contributed by atoms with Gasteiger partial charge in [0, 0.05) is 19.5 Å². The first-order valence-corrected chi connectivity index (χ1v) is 3.04. The smallest absolute Gasteiger partial charge is 0.121 e. The van der Waals surface area contributed by atoms with Crippen molar-refractivity contribution in [3.05, 3.63) is 12.7 Å². The Morgan fingerprint density at radius 3 is 2.78 bits per heavy atom. The van der Waals surface area contributed by atoms with E-state index in [0.29, 0.717) is 6.42 Å². The normalized spacial score (nSPS) is 9.56. The van der Waals surface area contributed by atoms with Crippen LogP contribution in [0.3, 0.4) is 0 Å². The molecule has 0 fully saturated rings. The molecule has 0 aromatic carbocycles. The van der Waals surface area contributed by atoms with Gasteiger partial charge in [-0.1, -0.05) is 6.08 Å². The monoisotopic (exact) mass is 127 g/mol. The van der Waals surface area contributed by atoms with Gasteiger partial charge in [0.15, 0.2) is 0 Å². The number of rotatable bonds is 5. The number of nitrogens with zero attached hydrogens (tertiary/aromatic N) is 1. The van der Waals surface area contributed by atoms with Gasteiger partial charge in [-0.2, -0.15) is 0 Å². The quantitative estimate of drug-likeness (QED) is 0.400. The topological polar surface area (TPSA) is 20.3 Å². The fourth-order valence-electron chi connectivity index (χ4n) is 0.585. The van der Waals surface area contributed by atoms with Crippen LogP contribution >= 0.6 is 0 Å². The summed E-state index contributed by atoms with van der Waals surface area (Å²) in [6.07, 6.45) is 3.37.